The molecule has 1 saturated heterocycles. The predicted molar refractivity (Wildman–Crippen MR) is 72.8 cm³/mol. The van der Waals surface area contributed by atoms with Gasteiger partial charge in [-0.15, -0.1) is 0 Å². The van der Waals surface area contributed by atoms with Gasteiger partial charge < -0.3 is 10.1 Å². The lowest BCUT2D eigenvalue weighted by atomic mass is 10.2. The van der Waals surface area contributed by atoms with E-state index in [1.165, 1.54) is 0 Å². The first-order valence-electron chi connectivity index (χ1n) is 6.13. The summed E-state index contributed by atoms with van der Waals surface area (Å²) in [6.45, 7) is 2.74. The lowest BCUT2D eigenvalue weighted by Gasteiger charge is -2.24. The molecule has 9 heteroatoms. The minimum absolute atomic E-state index is 0.00868. The summed E-state index contributed by atoms with van der Waals surface area (Å²) in [5.41, 5.74) is 1.04. The van der Waals surface area contributed by atoms with Gasteiger partial charge in [0.05, 0.1) is 5.03 Å². The van der Waals surface area contributed by atoms with Gasteiger partial charge in [0.25, 0.3) is 0 Å². The van der Waals surface area contributed by atoms with Crippen LogP contribution >= 0.6 is 11.6 Å². The van der Waals surface area contributed by atoms with E-state index in [2.05, 4.69) is 25.1 Å². The summed E-state index contributed by atoms with van der Waals surface area (Å²) < 4.78 is 0. The molecular formula is C11H15ClN6O2. The zero-order valence-electron chi connectivity index (χ0n) is 11.0. The minimum Gasteiger partial charge on any atom is -0.337 e. The maximum Gasteiger partial charge on any atom is 0.186 e. The van der Waals surface area contributed by atoms with E-state index in [-0.39, 0.29) is 12.7 Å². The van der Waals surface area contributed by atoms with Crippen LogP contribution in [0.15, 0.2) is 28.7 Å². The molecule has 1 unspecified atom stereocenters. The number of nitro groups is 1. The molecule has 0 aliphatic carbocycles. The van der Waals surface area contributed by atoms with Crippen molar-refractivity contribution in [1.29, 1.82) is 0 Å². The van der Waals surface area contributed by atoms with Gasteiger partial charge in [0.1, 0.15) is 11.3 Å². The van der Waals surface area contributed by atoms with Crippen molar-refractivity contribution < 1.29 is 5.03 Å². The molecule has 0 amide bonds. The molecule has 20 heavy (non-hydrogen) atoms. The van der Waals surface area contributed by atoms with Crippen LogP contribution in [0.2, 0.25) is 5.15 Å². The fourth-order valence-electron chi connectivity index (χ4n) is 2.20. The van der Waals surface area contributed by atoms with E-state index in [0.717, 1.165) is 18.7 Å². The molecule has 1 fully saturated rings. The second-order valence-electron chi connectivity index (χ2n) is 4.57. The monoisotopic (exact) mass is 298 g/mol. The first kappa shape index (κ1) is 14.8. The zero-order valence-corrected chi connectivity index (χ0v) is 11.8. The van der Waals surface area contributed by atoms with Gasteiger partial charge in [-0.05, 0) is 18.7 Å². The normalized spacial score (nSPS) is 20.8. The van der Waals surface area contributed by atoms with Crippen molar-refractivity contribution in [1.82, 2.24) is 14.8 Å². The first-order valence-corrected chi connectivity index (χ1v) is 6.50. The Morgan fingerprint density at radius 2 is 2.35 bits per heavy atom. The van der Waals surface area contributed by atoms with Gasteiger partial charge in [0, 0.05) is 30.9 Å². The fourth-order valence-corrected chi connectivity index (χ4v) is 2.31. The summed E-state index contributed by atoms with van der Waals surface area (Å²) in [4.78, 5) is 18.5. The van der Waals surface area contributed by atoms with Gasteiger partial charge in [-0.25, -0.2) is 4.98 Å². The van der Waals surface area contributed by atoms with Crippen molar-refractivity contribution in [3.05, 3.63) is 39.2 Å². The van der Waals surface area contributed by atoms with Gasteiger partial charge in [0.15, 0.2) is 11.8 Å². The van der Waals surface area contributed by atoms with Crippen molar-refractivity contribution in [3.8, 4) is 0 Å². The van der Waals surface area contributed by atoms with Crippen LogP contribution in [0.1, 0.15) is 5.56 Å². The van der Waals surface area contributed by atoms with E-state index in [1.807, 2.05) is 13.1 Å². The largest absolute Gasteiger partial charge is 0.337 e. The molecule has 0 N–H and O–H groups in total. The molecular weight excluding hydrogens is 284 g/mol. The second kappa shape index (κ2) is 6.69. The number of halogens is 1. The van der Waals surface area contributed by atoms with Gasteiger partial charge in [-0.3, -0.25) is 9.80 Å². The standard InChI is InChI=1S/C11H15ClN6O2/c1-16-4-5-17(11(16)7-14-15-18(19)20)8-9-2-3-10(12)13-6-9/h2-3,6,11H,4-5,7-8H2,1H3/b15-14+. The van der Waals surface area contributed by atoms with E-state index in [0.29, 0.717) is 11.7 Å². The van der Waals surface area contributed by atoms with Gasteiger partial charge in [-0.2, -0.15) is 0 Å². The third-order valence-corrected chi connectivity index (χ3v) is 3.45. The van der Waals surface area contributed by atoms with Crippen molar-refractivity contribution >= 4 is 11.6 Å². The van der Waals surface area contributed by atoms with Crippen LogP contribution in [0.25, 0.3) is 0 Å². The summed E-state index contributed by atoms with van der Waals surface area (Å²) in [6, 6.07) is 3.67. The molecule has 2 rings (SSSR count). The molecule has 0 spiro atoms. The highest BCUT2D eigenvalue weighted by atomic mass is 35.5. The van der Waals surface area contributed by atoms with Crippen LogP contribution in [0, 0.1) is 10.1 Å². The summed E-state index contributed by atoms with van der Waals surface area (Å²) in [6.07, 6.45) is 1.74. The molecule has 1 aromatic rings. The van der Waals surface area contributed by atoms with Crippen LogP contribution in [-0.4, -0.2) is 52.7 Å². The summed E-state index contributed by atoms with van der Waals surface area (Å²) in [7, 11) is 1.96. The first-order chi connectivity index (χ1) is 9.56. The van der Waals surface area contributed by atoms with Crippen LogP contribution in [0.5, 0.6) is 0 Å². The molecule has 8 nitrogen and oxygen atoms in total. The average Bonchev–Trinajstić information content (AvgIpc) is 2.74. The topological polar surface area (TPSA) is 87.2 Å². The van der Waals surface area contributed by atoms with Gasteiger partial charge in [0.2, 0.25) is 0 Å². The van der Waals surface area contributed by atoms with Gasteiger partial charge in [-0.1, -0.05) is 17.7 Å². The minimum atomic E-state index is -0.789. The summed E-state index contributed by atoms with van der Waals surface area (Å²) >= 11 is 5.75. The van der Waals surface area contributed by atoms with Crippen molar-refractivity contribution in [2.45, 2.75) is 12.7 Å². The third kappa shape index (κ3) is 3.92. The van der Waals surface area contributed by atoms with Crippen LogP contribution in [0.3, 0.4) is 0 Å². The highest BCUT2D eigenvalue weighted by Crippen LogP contribution is 2.17. The van der Waals surface area contributed by atoms with Crippen molar-refractivity contribution in [2.75, 3.05) is 26.7 Å². The van der Waals surface area contributed by atoms with Crippen LogP contribution < -0.4 is 0 Å². The van der Waals surface area contributed by atoms with E-state index < -0.39 is 5.03 Å². The van der Waals surface area contributed by atoms with E-state index in [9.17, 15) is 10.1 Å². The third-order valence-electron chi connectivity index (χ3n) is 3.23. The molecule has 2 heterocycles. The Bertz CT molecular complexity index is 494. The number of nitrogens with zero attached hydrogens (tertiary/aromatic N) is 6. The Hall–Kier alpha value is -1.64. The molecule has 0 aromatic carbocycles. The molecule has 1 aliphatic heterocycles. The smallest absolute Gasteiger partial charge is 0.186 e. The lowest BCUT2D eigenvalue weighted by Crippen LogP contribution is -2.38. The number of hydrogen-bond acceptors (Lipinski definition) is 6. The molecule has 1 aliphatic rings. The zero-order chi connectivity index (χ0) is 14.5. The second-order valence-corrected chi connectivity index (χ2v) is 4.96. The Morgan fingerprint density at radius 3 is 3.00 bits per heavy atom. The lowest BCUT2D eigenvalue weighted by molar-refractivity contribution is -0.494. The number of likely N-dealkylation sites (N-methyl/N-ethyl adjacent to an activating group) is 1. The van der Waals surface area contributed by atoms with E-state index in [1.54, 1.807) is 12.3 Å². The Labute approximate surface area is 121 Å². The number of rotatable bonds is 5. The Kier molecular flexibility index (Phi) is 4.94. The van der Waals surface area contributed by atoms with Crippen molar-refractivity contribution in [3.63, 3.8) is 0 Å². The van der Waals surface area contributed by atoms with Crippen LogP contribution in [-0.2, 0) is 6.54 Å². The fraction of sp³-hybridized carbons (Fsp3) is 0.545. The molecule has 108 valence electrons. The van der Waals surface area contributed by atoms with E-state index in [4.69, 9.17) is 11.6 Å². The summed E-state index contributed by atoms with van der Waals surface area (Å²) in [5.74, 6) is 0. The SMILES string of the molecule is CN1CCN(Cc2ccc(Cl)nc2)C1C/N=N/[N+](=O)[O-]. The predicted octanol–water partition coefficient (Wildman–Crippen LogP) is 1.45. The molecule has 0 radical (unpaired) electrons. The molecule has 0 bridgehead atoms. The van der Waals surface area contributed by atoms with E-state index >= 15 is 0 Å². The molecule has 1 atom stereocenters. The van der Waals surface area contributed by atoms with Gasteiger partial charge >= 0.3 is 0 Å². The highest BCUT2D eigenvalue weighted by molar-refractivity contribution is 6.29. The molecule has 1 aromatic heterocycles. The number of aromatic nitrogens is 1. The maximum atomic E-state index is 10.2. The Balaban J connectivity index is 1.98. The van der Waals surface area contributed by atoms with Crippen LogP contribution in [0.4, 0.5) is 0 Å². The summed E-state index contributed by atoms with van der Waals surface area (Å²) in [5, 5.41) is 16.4. The quantitative estimate of drug-likeness (QED) is 0.355. The van der Waals surface area contributed by atoms with Crippen molar-refractivity contribution in [2.24, 2.45) is 10.3 Å². The number of hydrogen-bond donors (Lipinski definition) is 0. The maximum absolute atomic E-state index is 10.2. The Morgan fingerprint density at radius 1 is 1.55 bits per heavy atom. The highest BCUT2D eigenvalue weighted by Gasteiger charge is 2.31. The average molecular weight is 299 g/mol. The molecule has 0 saturated carbocycles. The number of pyridine rings is 1.